The zero-order valence-corrected chi connectivity index (χ0v) is 20.8. The third-order valence-electron chi connectivity index (χ3n) is 6.04. The van der Waals surface area contributed by atoms with Gasteiger partial charge in [-0.1, -0.05) is 6.08 Å². The Labute approximate surface area is 203 Å². The fraction of sp³-hybridized carbons (Fsp3) is 0.423. The van der Waals surface area contributed by atoms with Crippen LogP contribution in [0.1, 0.15) is 38.2 Å². The van der Waals surface area contributed by atoms with Crippen LogP contribution in [0.5, 0.6) is 17.2 Å². The first-order valence-corrected chi connectivity index (χ1v) is 12.5. The molecule has 34 heavy (non-hydrogen) atoms. The van der Waals surface area contributed by atoms with Crippen LogP contribution in [0.3, 0.4) is 0 Å². The lowest BCUT2D eigenvalue weighted by Crippen LogP contribution is -2.51. The van der Waals surface area contributed by atoms with Crippen LogP contribution < -0.4 is 19.9 Å². The van der Waals surface area contributed by atoms with Gasteiger partial charge in [0.25, 0.3) is 0 Å². The molecule has 184 valence electrons. The molecule has 0 spiro atoms. The van der Waals surface area contributed by atoms with E-state index >= 15 is 0 Å². The summed E-state index contributed by atoms with van der Waals surface area (Å²) in [7, 11) is 1.74. The van der Waals surface area contributed by atoms with Gasteiger partial charge >= 0.3 is 0 Å². The lowest BCUT2D eigenvalue weighted by Gasteiger charge is -2.33. The molecule has 0 bridgehead atoms. The van der Waals surface area contributed by atoms with Gasteiger partial charge in [-0.2, -0.15) is 0 Å². The predicted molar refractivity (Wildman–Crippen MR) is 133 cm³/mol. The van der Waals surface area contributed by atoms with Crippen molar-refractivity contribution in [2.75, 3.05) is 34.0 Å². The number of benzene rings is 2. The van der Waals surface area contributed by atoms with Crippen LogP contribution >= 0.6 is 0 Å². The van der Waals surface area contributed by atoms with Crippen molar-refractivity contribution in [3.8, 4) is 17.2 Å². The van der Waals surface area contributed by atoms with Gasteiger partial charge in [0.2, 0.25) is 5.91 Å². The number of primary amides is 1. The molecule has 2 aromatic rings. The maximum atomic E-state index is 13.1. The minimum atomic E-state index is -1.54. The van der Waals surface area contributed by atoms with Gasteiger partial charge in [-0.3, -0.25) is 9.00 Å². The van der Waals surface area contributed by atoms with Crippen molar-refractivity contribution < 1.29 is 28.0 Å². The van der Waals surface area contributed by atoms with Gasteiger partial charge in [-0.05, 0) is 74.6 Å². The van der Waals surface area contributed by atoms with E-state index < -0.39 is 21.5 Å². The average Bonchev–Trinajstić information content (AvgIpc) is 2.88. The smallest absolute Gasteiger partial charge is 0.236 e. The van der Waals surface area contributed by atoms with Crippen LogP contribution in [-0.2, 0) is 20.3 Å². The summed E-state index contributed by atoms with van der Waals surface area (Å²) in [6.45, 7) is 3.37. The second kappa shape index (κ2) is 12.0. The first-order valence-electron chi connectivity index (χ1n) is 11.3. The maximum Gasteiger partial charge on any atom is 0.236 e. The summed E-state index contributed by atoms with van der Waals surface area (Å²) in [4.78, 5) is 12.7. The Morgan fingerprint density at radius 2 is 1.76 bits per heavy atom. The topological polar surface area (TPSA) is 97.1 Å². The summed E-state index contributed by atoms with van der Waals surface area (Å²) in [6, 6.07) is 12.8. The van der Waals surface area contributed by atoms with Gasteiger partial charge in [0.05, 0.1) is 31.6 Å². The molecule has 1 heterocycles. The van der Waals surface area contributed by atoms with Gasteiger partial charge < -0.3 is 24.7 Å². The minimum Gasteiger partial charge on any atom is -0.497 e. The number of hydrogen-bond donors (Lipinski definition) is 1. The summed E-state index contributed by atoms with van der Waals surface area (Å²) in [5, 5.41) is 0. The number of amides is 1. The zero-order valence-electron chi connectivity index (χ0n) is 20.0. The van der Waals surface area contributed by atoms with E-state index in [2.05, 4.69) is 13.0 Å². The largest absolute Gasteiger partial charge is 0.497 e. The number of ether oxygens (including phenoxy) is 4. The molecule has 7 nitrogen and oxygen atoms in total. The highest BCUT2D eigenvalue weighted by atomic mass is 32.2. The number of methoxy groups -OCH3 is 2. The second-order valence-corrected chi connectivity index (χ2v) is 9.95. The normalized spacial score (nSPS) is 16.5. The molecule has 8 heteroatoms. The van der Waals surface area contributed by atoms with E-state index in [1.54, 1.807) is 38.5 Å². The van der Waals surface area contributed by atoms with E-state index in [0.29, 0.717) is 43.3 Å². The van der Waals surface area contributed by atoms with Crippen molar-refractivity contribution in [1.29, 1.82) is 0 Å². The van der Waals surface area contributed by atoms with E-state index in [1.807, 2.05) is 18.2 Å². The molecule has 1 saturated heterocycles. The Hall–Kier alpha value is -2.84. The summed E-state index contributed by atoms with van der Waals surface area (Å²) in [5.74, 6) is 1.69. The molecule has 1 atom stereocenters. The van der Waals surface area contributed by atoms with Crippen molar-refractivity contribution in [3.63, 3.8) is 0 Å². The molecule has 1 aliphatic heterocycles. The van der Waals surface area contributed by atoms with Gasteiger partial charge in [0.15, 0.2) is 0 Å². The predicted octanol–water partition coefficient (Wildman–Crippen LogP) is 4.11. The van der Waals surface area contributed by atoms with Gasteiger partial charge in [-0.25, -0.2) is 0 Å². The first-order chi connectivity index (χ1) is 16.4. The minimum absolute atomic E-state index is 0.364. The number of hydrogen-bond acceptors (Lipinski definition) is 6. The van der Waals surface area contributed by atoms with Crippen LogP contribution in [0.2, 0.25) is 0 Å². The van der Waals surface area contributed by atoms with Crippen LogP contribution in [0.4, 0.5) is 0 Å². The number of carbonyl (C=O) groups excluding carboxylic acids is 1. The highest BCUT2D eigenvalue weighted by molar-refractivity contribution is 7.87. The molecule has 0 radical (unpaired) electrons. The van der Waals surface area contributed by atoms with Gasteiger partial charge in [0, 0.05) is 29.7 Å². The Morgan fingerprint density at radius 1 is 1.09 bits per heavy atom. The Morgan fingerprint density at radius 3 is 2.38 bits per heavy atom. The van der Waals surface area contributed by atoms with Crippen molar-refractivity contribution in [2.24, 2.45) is 5.73 Å². The number of allylic oxidation sites excluding steroid dienone is 2. The van der Waals surface area contributed by atoms with Gasteiger partial charge in [0.1, 0.15) is 22.0 Å². The number of nitrogens with two attached hydrogens (primary N) is 1. The molecule has 3 rings (SSSR count). The molecule has 1 fully saturated rings. The summed E-state index contributed by atoms with van der Waals surface area (Å²) >= 11 is 0. The Kier molecular flexibility index (Phi) is 9.12. The summed E-state index contributed by atoms with van der Waals surface area (Å²) < 4.78 is 34.0. The SMILES string of the molecule is COc1ccc(/C(C)=C/CCCOc2ccc(S(=O)C3(C(N)=O)CCOCC3)cc2)c(OC)c1. The fourth-order valence-corrected chi connectivity index (χ4v) is 5.49. The highest BCUT2D eigenvalue weighted by Crippen LogP contribution is 2.33. The Bertz CT molecular complexity index is 1030. The molecular weight excluding hydrogens is 454 g/mol. The van der Waals surface area contributed by atoms with Crippen molar-refractivity contribution in [1.82, 2.24) is 0 Å². The second-order valence-electron chi connectivity index (χ2n) is 8.16. The maximum absolute atomic E-state index is 13.1. The number of unbranched alkanes of at least 4 members (excludes halogenated alkanes) is 1. The number of rotatable bonds is 11. The van der Waals surface area contributed by atoms with Crippen molar-refractivity contribution >= 4 is 22.3 Å². The highest BCUT2D eigenvalue weighted by Gasteiger charge is 2.45. The summed E-state index contributed by atoms with van der Waals surface area (Å²) in [6.07, 6.45) is 4.59. The average molecular weight is 488 g/mol. The Balaban J connectivity index is 1.52. The van der Waals surface area contributed by atoms with Crippen LogP contribution in [-0.4, -0.2) is 48.9 Å². The molecule has 1 amide bonds. The third kappa shape index (κ3) is 5.98. The van der Waals surface area contributed by atoms with E-state index in [4.69, 9.17) is 24.7 Å². The van der Waals surface area contributed by atoms with Crippen LogP contribution in [0.25, 0.3) is 5.57 Å². The molecule has 0 aromatic heterocycles. The van der Waals surface area contributed by atoms with Crippen LogP contribution in [0.15, 0.2) is 53.4 Å². The molecule has 2 N–H and O–H groups in total. The van der Waals surface area contributed by atoms with E-state index in [0.717, 1.165) is 35.5 Å². The van der Waals surface area contributed by atoms with E-state index in [-0.39, 0.29) is 0 Å². The quantitative estimate of drug-likeness (QED) is 0.479. The number of carbonyl (C=O) groups is 1. The fourth-order valence-electron chi connectivity index (χ4n) is 3.94. The van der Waals surface area contributed by atoms with E-state index in [1.165, 1.54) is 0 Å². The standard InChI is InChI=1S/C26H33NO6S/c1-19(23-12-9-21(30-2)18-24(23)31-3)6-4-5-15-33-20-7-10-22(11-8-20)34(29)26(25(27)28)13-16-32-17-14-26/h6-12,18H,4-5,13-17H2,1-3H3,(H2,27,28)/b19-6+. The molecular formula is C26H33NO6S. The summed E-state index contributed by atoms with van der Waals surface area (Å²) in [5.41, 5.74) is 7.78. The zero-order chi connectivity index (χ0) is 24.6. The molecule has 2 aromatic carbocycles. The van der Waals surface area contributed by atoms with E-state index in [9.17, 15) is 9.00 Å². The third-order valence-corrected chi connectivity index (χ3v) is 8.06. The van der Waals surface area contributed by atoms with Crippen LogP contribution in [0, 0.1) is 0 Å². The molecule has 0 saturated carbocycles. The lowest BCUT2D eigenvalue weighted by atomic mass is 9.98. The molecule has 0 aliphatic carbocycles. The van der Waals surface area contributed by atoms with Crippen molar-refractivity contribution in [2.45, 2.75) is 42.2 Å². The molecule has 1 unspecified atom stereocenters. The monoisotopic (exact) mass is 487 g/mol. The van der Waals surface area contributed by atoms with Gasteiger partial charge in [-0.15, -0.1) is 0 Å². The molecule has 1 aliphatic rings. The first kappa shape index (κ1) is 25.8. The van der Waals surface area contributed by atoms with Crippen molar-refractivity contribution in [3.05, 3.63) is 54.1 Å². The lowest BCUT2D eigenvalue weighted by molar-refractivity contribution is -0.122.